The fourth-order valence-electron chi connectivity index (χ4n) is 7.49. The number of nitrogens with zero attached hydrogens (tertiary/aromatic N) is 1. The zero-order chi connectivity index (χ0) is 38.2. The van der Waals surface area contributed by atoms with Crippen molar-refractivity contribution >= 4 is 17.8 Å². The maximum atomic E-state index is 12.6. The molecule has 4 aliphatic rings. The van der Waals surface area contributed by atoms with Crippen molar-refractivity contribution in [2.24, 2.45) is 11.8 Å². The Morgan fingerprint density at radius 1 is 0.706 bits per heavy atom. The van der Waals surface area contributed by atoms with E-state index in [4.69, 9.17) is 28.5 Å². The van der Waals surface area contributed by atoms with E-state index < -0.39 is 140 Å². The highest BCUT2D eigenvalue weighted by Crippen LogP contribution is 2.44. The Kier molecular flexibility index (Phi) is 13.6. The third-order valence-electron chi connectivity index (χ3n) is 10.1. The number of amides is 2. The molecule has 0 saturated carbocycles. The molecule has 51 heavy (non-hydrogen) atoms. The first-order valence-electron chi connectivity index (χ1n) is 16.9. The van der Waals surface area contributed by atoms with Gasteiger partial charge in [0.25, 0.3) is 11.8 Å². The molecule has 4 fully saturated rings. The highest BCUT2D eigenvalue weighted by molar-refractivity contribution is 6.01. The summed E-state index contributed by atoms with van der Waals surface area (Å²) in [6.45, 7) is 4.60. The van der Waals surface area contributed by atoms with Crippen molar-refractivity contribution in [3.63, 3.8) is 0 Å². The lowest BCUT2D eigenvalue weighted by Gasteiger charge is -2.53. The minimum absolute atomic E-state index is 0.0689. The first-order valence-corrected chi connectivity index (χ1v) is 16.9. The van der Waals surface area contributed by atoms with Crippen molar-refractivity contribution in [1.82, 2.24) is 5.06 Å². The monoisotopic (exact) mass is 741 g/mol. The van der Waals surface area contributed by atoms with Crippen LogP contribution in [-0.4, -0.2) is 178 Å². The van der Waals surface area contributed by atoms with E-state index in [1.165, 1.54) is 20.8 Å². The third kappa shape index (κ3) is 8.55. The Labute approximate surface area is 292 Å². The average molecular weight is 742 g/mol. The lowest BCUT2D eigenvalue weighted by atomic mass is 9.74. The SMILES string of the molecule is CCCC(C)(O[C@@H]1OC(CC(=O)ON2C(=O)CCC2=O)[C@@H](O)C(O)[C@@H]1O)[C@@H]1C(CO)O[C@@H](OC(C)(C)[C@@H]2C(CO)OC(O)[C@@H](O)C2O)[C@@H](O)C1O. The van der Waals surface area contributed by atoms with Gasteiger partial charge in [0.2, 0.25) is 0 Å². The second-order valence-electron chi connectivity index (χ2n) is 14.2. The lowest BCUT2D eigenvalue weighted by molar-refractivity contribution is -0.372. The van der Waals surface area contributed by atoms with Crippen LogP contribution >= 0.6 is 0 Å². The summed E-state index contributed by atoms with van der Waals surface area (Å²) in [6.07, 6.45) is -22.9. The van der Waals surface area contributed by atoms with Gasteiger partial charge in [0.05, 0.1) is 61.4 Å². The Morgan fingerprint density at radius 2 is 1.22 bits per heavy atom. The molecule has 294 valence electrons. The van der Waals surface area contributed by atoms with Crippen molar-refractivity contribution in [2.75, 3.05) is 13.2 Å². The molecule has 10 N–H and O–H groups in total. The van der Waals surface area contributed by atoms with Crippen LogP contribution in [0.2, 0.25) is 0 Å². The van der Waals surface area contributed by atoms with Gasteiger partial charge in [0, 0.05) is 24.7 Å². The predicted octanol–water partition coefficient (Wildman–Crippen LogP) is -4.74. The van der Waals surface area contributed by atoms with Gasteiger partial charge in [-0.05, 0) is 27.2 Å². The van der Waals surface area contributed by atoms with Crippen LogP contribution < -0.4 is 0 Å². The molecule has 0 aromatic heterocycles. The molecule has 2 amide bonds. The lowest BCUT2D eigenvalue weighted by Crippen LogP contribution is -2.67. The normalized spacial score (nSPS) is 42.2. The minimum Gasteiger partial charge on any atom is -0.394 e. The van der Waals surface area contributed by atoms with E-state index in [0.717, 1.165) is 0 Å². The van der Waals surface area contributed by atoms with E-state index in [1.54, 1.807) is 6.92 Å². The fourth-order valence-corrected chi connectivity index (χ4v) is 7.49. The second kappa shape index (κ2) is 16.6. The van der Waals surface area contributed by atoms with Crippen LogP contribution in [0.25, 0.3) is 0 Å². The van der Waals surface area contributed by atoms with Gasteiger partial charge in [-0.3, -0.25) is 9.59 Å². The number of carbonyl (C=O) groups excluding carboxylic acids is 3. The molecule has 0 spiro atoms. The van der Waals surface area contributed by atoms with E-state index in [1.807, 2.05) is 0 Å². The summed E-state index contributed by atoms with van der Waals surface area (Å²) in [4.78, 5) is 41.1. The standard InChI is InChI=1S/C31H51NO19/c1-5-8-31(4,50-29-26(44)23(41)20(38)12(47-29)9-17(37)51-32-15(35)6-7-16(32)36)19-14(11-34)48-28(25(43)22(19)40)49-30(2,3)18-13(10-33)46-27(45)24(42)21(18)39/h12-14,18-29,33-34,38-45H,5-11H2,1-4H3/t12?,13?,14?,18-,19-,20-,21?,22?,23?,24+,25+,26+,27?,28+,29+,31?/m1/s1. The van der Waals surface area contributed by atoms with Crippen molar-refractivity contribution in [2.45, 2.75) is 151 Å². The minimum atomic E-state index is -1.93. The molecule has 0 radical (unpaired) electrons. The number of carbonyl (C=O) groups is 3. The highest BCUT2D eigenvalue weighted by atomic mass is 16.7. The summed E-state index contributed by atoms with van der Waals surface area (Å²) in [7, 11) is 0. The molecule has 0 bridgehead atoms. The molecule has 4 rings (SSSR count). The van der Waals surface area contributed by atoms with Crippen molar-refractivity contribution in [1.29, 1.82) is 0 Å². The molecule has 4 heterocycles. The molecule has 0 aliphatic carbocycles. The van der Waals surface area contributed by atoms with Crippen LogP contribution in [0.1, 0.15) is 59.8 Å². The number of imide groups is 1. The van der Waals surface area contributed by atoms with Crippen LogP contribution in [-0.2, 0) is 42.9 Å². The zero-order valence-electron chi connectivity index (χ0n) is 28.7. The molecular weight excluding hydrogens is 690 g/mol. The van der Waals surface area contributed by atoms with Crippen molar-refractivity contribution in [3.8, 4) is 0 Å². The van der Waals surface area contributed by atoms with Gasteiger partial charge in [-0.1, -0.05) is 13.3 Å². The molecule has 4 aliphatic heterocycles. The van der Waals surface area contributed by atoms with Crippen molar-refractivity contribution in [3.05, 3.63) is 0 Å². The van der Waals surface area contributed by atoms with E-state index in [9.17, 15) is 65.4 Å². The summed E-state index contributed by atoms with van der Waals surface area (Å²) < 4.78 is 29.0. The molecule has 8 unspecified atom stereocenters. The van der Waals surface area contributed by atoms with E-state index >= 15 is 0 Å². The van der Waals surface area contributed by atoms with Crippen LogP contribution in [0, 0.1) is 11.8 Å². The average Bonchev–Trinajstić information content (AvgIpc) is 3.38. The maximum absolute atomic E-state index is 12.6. The van der Waals surface area contributed by atoms with E-state index in [2.05, 4.69) is 0 Å². The molecule has 20 nitrogen and oxygen atoms in total. The molecule has 0 aromatic rings. The third-order valence-corrected chi connectivity index (χ3v) is 10.1. The summed E-state index contributed by atoms with van der Waals surface area (Å²) in [5, 5.41) is 106. The smallest absolute Gasteiger partial charge is 0.335 e. The zero-order valence-corrected chi connectivity index (χ0v) is 28.7. The first kappa shape index (κ1) is 41.8. The summed E-state index contributed by atoms with van der Waals surface area (Å²) in [5.74, 6) is -5.14. The van der Waals surface area contributed by atoms with Gasteiger partial charge in [-0.15, -0.1) is 5.06 Å². The number of aliphatic hydroxyl groups is 10. The number of ether oxygens (including phenoxy) is 5. The molecule has 20 heteroatoms. The quantitative estimate of drug-likeness (QED) is 0.0793. The van der Waals surface area contributed by atoms with Crippen molar-refractivity contribution < 1.29 is 94.0 Å². The number of rotatable bonds is 13. The Hall–Kier alpha value is -1.99. The Bertz CT molecular complexity index is 1200. The molecule has 4 saturated heterocycles. The van der Waals surface area contributed by atoms with E-state index in [0.29, 0.717) is 11.5 Å². The molecular formula is C31H51NO19. The van der Waals surface area contributed by atoms with Gasteiger partial charge >= 0.3 is 5.97 Å². The maximum Gasteiger partial charge on any atom is 0.335 e. The Morgan fingerprint density at radius 3 is 1.78 bits per heavy atom. The topological polar surface area (TPSA) is 312 Å². The van der Waals surface area contributed by atoms with Crippen LogP contribution in [0.15, 0.2) is 0 Å². The number of hydrogen-bond acceptors (Lipinski definition) is 19. The van der Waals surface area contributed by atoms with Gasteiger partial charge in [-0.25, -0.2) is 4.79 Å². The van der Waals surface area contributed by atoms with Crippen LogP contribution in [0.3, 0.4) is 0 Å². The summed E-state index contributed by atoms with van der Waals surface area (Å²) in [5.41, 5.74) is -3.20. The van der Waals surface area contributed by atoms with E-state index in [-0.39, 0.29) is 19.3 Å². The van der Waals surface area contributed by atoms with Gasteiger partial charge < -0.3 is 79.6 Å². The largest absolute Gasteiger partial charge is 0.394 e. The molecule has 0 aromatic carbocycles. The number of hydrogen-bond donors (Lipinski definition) is 10. The first-order chi connectivity index (χ1) is 23.8. The second-order valence-corrected chi connectivity index (χ2v) is 14.2. The van der Waals surface area contributed by atoms with Gasteiger partial charge in [0.1, 0.15) is 30.5 Å². The van der Waals surface area contributed by atoms with Gasteiger partial charge in [0.15, 0.2) is 18.9 Å². The summed E-state index contributed by atoms with van der Waals surface area (Å²) in [6, 6.07) is 0. The summed E-state index contributed by atoms with van der Waals surface area (Å²) >= 11 is 0. The highest BCUT2D eigenvalue weighted by Gasteiger charge is 2.58. The number of hydroxylamine groups is 2. The van der Waals surface area contributed by atoms with Crippen LogP contribution in [0.5, 0.6) is 0 Å². The number of aliphatic hydroxyl groups excluding tert-OH is 10. The Balaban J connectivity index is 1.52. The molecule has 16 atom stereocenters. The predicted molar refractivity (Wildman–Crippen MR) is 163 cm³/mol. The van der Waals surface area contributed by atoms with Crippen LogP contribution in [0.4, 0.5) is 0 Å². The fraction of sp³-hybridized carbons (Fsp3) is 0.903. The van der Waals surface area contributed by atoms with Gasteiger partial charge in [-0.2, -0.15) is 0 Å².